The normalized spacial score (nSPS) is 11.8. The summed E-state index contributed by atoms with van der Waals surface area (Å²) >= 11 is 0. The van der Waals surface area contributed by atoms with Gasteiger partial charge in [-0.3, -0.25) is 0 Å². The van der Waals surface area contributed by atoms with Crippen LogP contribution in [0.1, 0.15) is 5.76 Å². The molecule has 1 aromatic heterocycles. The van der Waals surface area contributed by atoms with E-state index in [4.69, 9.17) is 4.42 Å². The molecule has 108 valence electrons. The summed E-state index contributed by atoms with van der Waals surface area (Å²) in [5, 5.41) is 0. The molecule has 0 aliphatic carbocycles. The molecule has 0 saturated heterocycles. The first kappa shape index (κ1) is 14.5. The van der Waals surface area contributed by atoms with Crippen molar-refractivity contribution in [2.75, 3.05) is 0 Å². The SMILES string of the molecule is O=S(=O)(NCc1ccco1)c1ccccc1OC(F)F. The van der Waals surface area contributed by atoms with Crippen LogP contribution in [0.5, 0.6) is 5.75 Å². The van der Waals surface area contributed by atoms with Crippen LogP contribution in [0, 0.1) is 0 Å². The van der Waals surface area contributed by atoms with Crippen molar-refractivity contribution in [2.24, 2.45) is 0 Å². The topological polar surface area (TPSA) is 68.5 Å². The summed E-state index contributed by atoms with van der Waals surface area (Å²) in [5.74, 6) is -0.00437. The summed E-state index contributed by atoms with van der Waals surface area (Å²) in [5.41, 5.74) is 0. The molecule has 1 aromatic carbocycles. The Labute approximate surface area is 114 Å². The summed E-state index contributed by atoms with van der Waals surface area (Å²) in [7, 11) is -3.98. The molecule has 0 amide bonds. The summed E-state index contributed by atoms with van der Waals surface area (Å²) in [6.07, 6.45) is 1.40. The molecular weight excluding hydrogens is 292 g/mol. The Morgan fingerprint density at radius 1 is 1.20 bits per heavy atom. The number of furan rings is 1. The Morgan fingerprint density at radius 2 is 1.95 bits per heavy atom. The lowest BCUT2D eigenvalue weighted by molar-refractivity contribution is -0.0517. The van der Waals surface area contributed by atoms with E-state index in [0.29, 0.717) is 5.76 Å². The maximum absolute atomic E-state index is 12.2. The highest BCUT2D eigenvalue weighted by Gasteiger charge is 2.21. The number of hydrogen-bond acceptors (Lipinski definition) is 4. The molecule has 0 saturated carbocycles. The van der Waals surface area contributed by atoms with Crippen LogP contribution in [-0.4, -0.2) is 15.0 Å². The molecule has 1 N–H and O–H groups in total. The minimum absolute atomic E-state index is 0.0850. The predicted octanol–water partition coefficient (Wildman–Crippen LogP) is 2.36. The van der Waals surface area contributed by atoms with Crippen LogP contribution in [0.25, 0.3) is 0 Å². The van der Waals surface area contributed by atoms with Crippen molar-refractivity contribution in [1.82, 2.24) is 4.72 Å². The molecule has 0 unspecified atom stereocenters. The van der Waals surface area contributed by atoms with Crippen LogP contribution in [-0.2, 0) is 16.6 Å². The zero-order valence-corrected chi connectivity index (χ0v) is 10.9. The standard InChI is InChI=1S/C12H11F2NO4S/c13-12(14)19-10-5-1-2-6-11(10)20(16,17)15-8-9-4-3-7-18-9/h1-7,12,15H,8H2. The fraction of sp³-hybridized carbons (Fsp3) is 0.167. The molecule has 0 atom stereocenters. The van der Waals surface area contributed by atoms with Crippen molar-refractivity contribution >= 4 is 10.0 Å². The molecule has 0 bridgehead atoms. The van der Waals surface area contributed by atoms with E-state index in [1.807, 2.05) is 0 Å². The molecule has 2 rings (SSSR count). The van der Waals surface area contributed by atoms with Gasteiger partial charge in [0.05, 0.1) is 12.8 Å². The van der Waals surface area contributed by atoms with Gasteiger partial charge in [0.25, 0.3) is 0 Å². The monoisotopic (exact) mass is 303 g/mol. The van der Waals surface area contributed by atoms with Gasteiger partial charge in [-0.2, -0.15) is 8.78 Å². The molecule has 0 aliphatic rings. The average Bonchev–Trinajstić information content (AvgIpc) is 2.89. The van der Waals surface area contributed by atoms with Gasteiger partial charge in [-0.1, -0.05) is 12.1 Å². The van der Waals surface area contributed by atoms with Crippen LogP contribution >= 0.6 is 0 Å². The van der Waals surface area contributed by atoms with E-state index in [1.165, 1.54) is 24.5 Å². The maximum Gasteiger partial charge on any atom is 0.387 e. The first-order chi connectivity index (χ1) is 9.49. The van der Waals surface area contributed by atoms with Gasteiger partial charge in [-0.05, 0) is 24.3 Å². The fourth-order valence-corrected chi connectivity index (χ4v) is 2.65. The van der Waals surface area contributed by atoms with E-state index in [0.717, 1.165) is 6.07 Å². The molecule has 5 nitrogen and oxygen atoms in total. The number of halogens is 2. The van der Waals surface area contributed by atoms with Crippen LogP contribution in [0.15, 0.2) is 52.0 Å². The number of rotatable bonds is 6. The first-order valence-electron chi connectivity index (χ1n) is 5.55. The Morgan fingerprint density at radius 3 is 2.60 bits per heavy atom. The summed E-state index contributed by atoms with van der Waals surface area (Å²) in [6, 6.07) is 8.36. The molecule has 0 radical (unpaired) electrons. The van der Waals surface area contributed by atoms with E-state index in [1.54, 1.807) is 12.1 Å². The van der Waals surface area contributed by atoms with Crippen molar-refractivity contribution in [3.63, 3.8) is 0 Å². The third-order valence-electron chi connectivity index (χ3n) is 2.37. The molecule has 0 fully saturated rings. The minimum Gasteiger partial charge on any atom is -0.468 e. The van der Waals surface area contributed by atoms with E-state index in [2.05, 4.69) is 9.46 Å². The van der Waals surface area contributed by atoms with Gasteiger partial charge in [0.15, 0.2) is 0 Å². The molecule has 20 heavy (non-hydrogen) atoms. The van der Waals surface area contributed by atoms with Crippen LogP contribution < -0.4 is 9.46 Å². The summed E-state index contributed by atoms with van der Waals surface area (Å²) in [4.78, 5) is -0.355. The zero-order valence-electron chi connectivity index (χ0n) is 10.1. The summed E-state index contributed by atoms with van der Waals surface area (Å²) in [6.45, 7) is -3.19. The lowest BCUT2D eigenvalue weighted by Gasteiger charge is -2.11. The van der Waals surface area contributed by atoms with E-state index < -0.39 is 22.4 Å². The highest BCUT2D eigenvalue weighted by atomic mass is 32.2. The van der Waals surface area contributed by atoms with Crippen molar-refractivity contribution in [2.45, 2.75) is 18.1 Å². The second kappa shape index (κ2) is 6.02. The largest absolute Gasteiger partial charge is 0.468 e. The van der Waals surface area contributed by atoms with Gasteiger partial charge >= 0.3 is 6.61 Å². The van der Waals surface area contributed by atoms with Gasteiger partial charge in [-0.25, -0.2) is 13.1 Å². The van der Waals surface area contributed by atoms with E-state index in [9.17, 15) is 17.2 Å². The van der Waals surface area contributed by atoms with E-state index in [-0.39, 0.29) is 11.4 Å². The number of para-hydroxylation sites is 1. The molecule has 2 aromatic rings. The van der Waals surface area contributed by atoms with Gasteiger partial charge < -0.3 is 9.15 Å². The van der Waals surface area contributed by atoms with Crippen molar-refractivity contribution in [1.29, 1.82) is 0 Å². The number of nitrogens with one attached hydrogen (secondary N) is 1. The second-order valence-electron chi connectivity index (χ2n) is 3.73. The Balaban J connectivity index is 2.20. The van der Waals surface area contributed by atoms with Crippen molar-refractivity contribution in [3.8, 4) is 5.75 Å². The van der Waals surface area contributed by atoms with Crippen molar-refractivity contribution in [3.05, 3.63) is 48.4 Å². The molecule has 0 aliphatic heterocycles. The second-order valence-corrected chi connectivity index (χ2v) is 5.46. The van der Waals surface area contributed by atoms with Crippen LogP contribution in [0.4, 0.5) is 8.78 Å². The molecule has 8 heteroatoms. The number of alkyl halides is 2. The quantitative estimate of drug-likeness (QED) is 0.889. The first-order valence-corrected chi connectivity index (χ1v) is 7.03. The third kappa shape index (κ3) is 3.55. The molecule has 1 heterocycles. The third-order valence-corrected chi connectivity index (χ3v) is 3.81. The predicted molar refractivity (Wildman–Crippen MR) is 65.8 cm³/mol. The van der Waals surface area contributed by atoms with Gasteiger partial charge in [-0.15, -0.1) is 0 Å². The number of sulfonamides is 1. The number of hydrogen-bond donors (Lipinski definition) is 1. The van der Waals surface area contributed by atoms with Gasteiger partial charge in [0.1, 0.15) is 16.4 Å². The molecular formula is C12H11F2NO4S. The Kier molecular flexibility index (Phi) is 4.35. The van der Waals surface area contributed by atoms with Gasteiger partial charge in [0.2, 0.25) is 10.0 Å². The highest BCUT2D eigenvalue weighted by Crippen LogP contribution is 2.24. The lowest BCUT2D eigenvalue weighted by atomic mass is 10.3. The Hall–Kier alpha value is -1.93. The lowest BCUT2D eigenvalue weighted by Crippen LogP contribution is -2.24. The maximum atomic E-state index is 12.2. The number of ether oxygens (including phenoxy) is 1. The summed E-state index contributed by atoms with van der Waals surface area (Å²) < 4.78 is 60.0. The molecule has 0 spiro atoms. The van der Waals surface area contributed by atoms with E-state index >= 15 is 0 Å². The minimum atomic E-state index is -3.98. The zero-order chi connectivity index (χ0) is 14.6. The van der Waals surface area contributed by atoms with Gasteiger partial charge in [0, 0.05) is 0 Å². The van der Waals surface area contributed by atoms with Crippen LogP contribution in [0.3, 0.4) is 0 Å². The smallest absolute Gasteiger partial charge is 0.387 e. The fourth-order valence-electron chi connectivity index (χ4n) is 1.52. The highest BCUT2D eigenvalue weighted by molar-refractivity contribution is 7.89. The van der Waals surface area contributed by atoms with Crippen LogP contribution in [0.2, 0.25) is 0 Å². The average molecular weight is 303 g/mol. The number of benzene rings is 1. The Bertz CT molecular complexity index is 656. The van der Waals surface area contributed by atoms with Crippen molar-refractivity contribution < 1.29 is 26.4 Å².